The molecule has 0 aromatic heterocycles. The number of benzene rings is 1. The Morgan fingerprint density at radius 1 is 1.31 bits per heavy atom. The molecule has 0 amide bonds. The molecule has 66 valence electrons. The lowest BCUT2D eigenvalue weighted by Crippen LogP contribution is -2.12. The van der Waals surface area contributed by atoms with Crippen LogP contribution in [0.25, 0.3) is 0 Å². The van der Waals surface area contributed by atoms with E-state index >= 15 is 0 Å². The van der Waals surface area contributed by atoms with Gasteiger partial charge in [0.2, 0.25) is 0 Å². The van der Waals surface area contributed by atoms with Gasteiger partial charge in [-0.05, 0) is 25.0 Å². The van der Waals surface area contributed by atoms with Crippen LogP contribution >= 0.6 is 0 Å². The normalized spacial score (nSPS) is 17.5. The van der Waals surface area contributed by atoms with Gasteiger partial charge in [0.05, 0.1) is 11.5 Å². The molecular formula is C11H12N2. The van der Waals surface area contributed by atoms with Crippen molar-refractivity contribution in [3.63, 3.8) is 0 Å². The van der Waals surface area contributed by atoms with E-state index in [-0.39, 0.29) is 5.41 Å². The van der Waals surface area contributed by atoms with Gasteiger partial charge < -0.3 is 5.32 Å². The molecule has 1 aliphatic carbocycles. The van der Waals surface area contributed by atoms with Crippen LogP contribution < -0.4 is 5.32 Å². The minimum Gasteiger partial charge on any atom is -0.383 e. The first-order chi connectivity index (χ1) is 6.35. The van der Waals surface area contributed by atoms with E-state index in [1.54, 1.807) is 0 Å². The first-order valence-electron chi connectivity index (χ1n) is 4.55. The van der Waals surface area contributed by atoms with E-state index < -0.39 is 0 Å². The second-order valence-corrected chi connectivity index (χ2v) is 3.61. The quantitative estimate of drug-likeness (QED) is 0.760. The fourth-order valence-corrected chi connectivity index (χ4v) is 1.31. The van der Waals surface area contributed by atoms with E-state index in [0.717, 1.165) is 25.1 Å². The zero-order valence-corrected chi connectivity index (χ0v) is 7.46. The molecule has 2 nitrogen and oxygen atoms in total. The summed E-state index contributed by atoms with van der Waals surface area (Å²) in [4.78, 5) is 0. The maximum absolute atomic E-state index is 8.84. The molecule has 0 radical (unpaired) electrons. The lowest BCUT2D eigenvalue weighted by atomic mass is 10.1. The number of nitrogens with one attached hydrogen (secondary N) is 1. The fourth-order valence-electron chi connectivity index (χ4n) is 1.31. The standard InChI is InChI=1S/C11H12N2/c12-8-11(6-7-11)9-13-10-4-2-1-3-5-10/h1-5,13H,6-7,9H2. The van der Waals surface area contributed by atoms with E-state index in [2.05, 4.69) is 11.4 Å². The first-order valence-corrected chi connectivity index (χ1v) is 4.55. The molecule has 0 heterocycles. The van der Waals surface area contributed by atoms with Crippen molar-refractivity contribution < 1.29 is 0 Å². The van der Waals surface area contributed by atoms with Crippen LogP contribution in [0.3, 0.4) is 0 Å². The van der Waals surface area contributed by atoms with Gasteiger partial charge in [-0.3, -0.25) is 0 Å². The predicted molar refractivity (Wildman–Crippen MR) is 52.2 cm³/mol. The molecule has 0 saturated heterocycles. The first kappa shape index (κ1) is 8.12. The summed E-state index contributed by atoms with van der Waals surface area (Å²) in [6.07, 6.45) is 2.09. The minimum atomic E-state index is -0.0597. The molecule has 1 saturated carbocycles. The van der Waals surface area contributed by atoms with Gasteiger partial charge in [-0.2, -0.15) is 5.26 Å². The van der Waals surface area contributed by atoms with Crippen LogP contribution in [0.2, 0.25) is 0 Å². The number of anilines is 1. The van der Waals surface area contributed by atoms with Crippen LogP contribution in [0.4, 0.5) is 5.69 Å². The van der Waals surface area contributed by atoms with E-state index in [4.69, 9.17) is 5.26 Å². The number of hydrogen-bond acceptors (Lipinski definition) is 2. The number of para-hydroxylation sites is 1. The summed E-state index contributed by atoms with van der Waals surface area (Å²) in [6.45, 7) is 0.785. The Labute approximate surface area is 78.2 Å². The Balaban J connectivity index is 1.91. The third-order valence-corrected chi connectivity index (χ3v) is 2.50. The molecule has 0 atom stereocenters. The highest BCUT2D eigenvalue weighted by molar-refractivity contribution is 5.43. The summed E-state index contributed by atoms with van der Waals surface area (Å²) in [5.41, 5.74) is 1.04. The molecule has 0 unspecified atom stereocenters. The highest BCUT2D eigenvalue weighted by Crippen LogP contribution is 2.44. The van der Waals surface area contributed by atoms with Gasteiger partial charge in [0.25, 0.3) is 0 Å². The Morgan fingerprint density at radius 2 is 2.00 bits per heavy atom. The molecule has 0 aliphatic heterocycles. The van der Waals surface area contributed by atoms with Crippen LogP contribution in [-0.2, 0) is 0 Å². The maximum atomic E-state index is 8.84. The number of nitriles is 1. The summed E-state index contributed by atoms with van der Waals surface area (Å²) in [5, 5.41) is 12.1. The largest absolute Gasteiger partial charge is 0.383 e. The van der Waals surface area contributed by atoms with Crippen LogP contribution in [0.5, 0.6) is 0 Å². The Morgan fingerprint density at radius 3 is 2.54 bits per heavy atom. The summed E-state index contributed by atoms with van der Waals surface area (Å²) in [7, 11) is 0. The maximum Gasteiger partial charge on any atom is 0.0747 e. The van der Waals surface area contributed by atoms with Crippen molar-refractivity contribution in [3.05, 3.63) is 30.3 Å². The lowest BCUT2D eigenvalue weighted by molar-refractivity contribution is 0.711. The lowest BCUT2D eigenvalue weighted by Gasteiger charge is -2.08. The van der Waals surface area contributed by atoms with Gasteiger partial charge in [0, 0.05) is 12.2 Å². The molecule has 1 aliphatic rings. The van der Waals surface area contributed by atoms with Crippen LogP contribution in [0, 0.1) is 16.7 Å². The molecule has 1 fully saturated rings. The minimum absolute atomic E-state index is 0.0597. The van der Waals surface area contributed by atoms with Gasteiger partial charge in [0.1, 0.15) is 0 Å². The molecule has 1 aromatic rings. The van der Waals surface area contributed by atoms with E-state index in [9.17, 15) is 0 Å². The summed E-state index contributed by atoms with van der Waals surface area (Å²) in [5.74, 6) is 0. The van der Waals surface area contributed by atoms with Crippen molar-refractivity contribution in [1.82, 2.24) is 0 Å². The van der Waals surface area contributed by atoms with Crippen molar-refractivity contribution in [1.29, 1.82) is 5.26 Å². The Kier molecular flexibility index (Phi) is 1.94. The van der Waals surface area contributed by atoms with Crippen molar-refractivity contribution in [2.75, 3.05) is 11.9 Å². The molecule has 1 aromatic carbocycles. The zero-order chi connectivity index (χ0) is 9.15. The van der Waals surface area contributed by atoms with Gasteiger partial charge in [-0.1, -0.05) is 18.2 Å². The van der Waals surface area contributed by atoms with Crippen LogP contribution in [0.1, 0.15) is 12.8 Å². The van der Waals surface area contributed by atoms with Crippen molar-refractivity contribution in [2.24, 2.45) is 5.41 Å². The average molecular weight is 172 g/mol. The van der Waals surface area contributed by atoms with Gasteiger partial charge in [-0.25, -0.2) is 0 Å². The topological polar surface area (TPSA) is 35.8 Å². The van der Waals surface area contributed by atoms with Gasteiger partial charge in [-0.15, -0.1) is 0 Å². The average Bonchev–Trinajstić information content (AvgIpc) is 2.97. The Bertz CT molecular complexity index is 320. The van der Waals surface area contributed by atoms with E-state index in [1.165, 1.54) is 0 Å². The van der Waals surface area contributed by atoms with Crippen molar-refractivity contribution in [3.8, 4) is 6.07 Å². The third kappa shape index (κ3) is 1.81. The van der Waals surface area contributed by atoms with E-state index in [0.29, 0.717) is 0 Å². The monoisotopic (exact) mass is 172 g/mol. The van der Waals surface area contributed by atoms with E-state index in [1.807, 2.05) is 30.3 Å². The zero-order valence-electron chi connectivity index (χ0n) is 7.46. The fraction of sp³-hybridized carbons (Fsp3) is 0.364. The second-order valence-electron chi connectivity index (χ2n) is 3.61. The smallest absolute Gasteiger partial charge is 0.0747 e. The molecule has 0 spiro atoms. The molecular weight excluding hydrogens is 160 g/mol. The second kappa shape index (κ2) is 3.10. The van der Waals surface area contributed by atoms with Crippen molar-refractivity contribution >= 4 is 5.69 Å². The molecule has 0 bridgehead atoms. The van der Waals surface area contributed by atoms with Crippen LogP contribution in [0.15, 0.2) is 30.3 Å². The van der Waals surface area contributed by atoms with Gasteiger partial charge in [0.15, 0.2) is 0 Å². The number of nitrogens with zero attached hydrogens (tertiary/aromatic N) is 1. The van der Waals surface area contributed by atoms with Crippen LogP contribution in [-0.4, -0.2) is 6.54 Å². The highest BCUT2D eigenvalue weighted by Gasteiger charge is 2.42. The number of hydrogen-bond donors (Lipinski definition) is 1. The highest BCUT2D eigenvalue weighted by atomic mass is 14.9. The van der Waals surface area contributed by atoms with Crippen molar-refractivity contribution in [2.45, 2.75) is 12.8 Å². The molecule has 2 heteroatoms. The summed E-state index contributed by atoms with van der Waals surface area (Å²) < 4.78 is 0. The SMILES string of the molecule is N#CC1(CNc2ccccc2)CC1. The summed E-state index contributed by atoms with van der Waals surface area (Å²) in [6, 6.07) is 12.4. The predicted octanol–water partition coefficient (Wildman–Crippen LogP) is 2.40. The molecule has 1 N–H and O–H groups in total. The third-order valence-electron chi connectivity index (χ3n) is 2.50. The Hall–Kier alpha value is -1.49. The number of rotatable bonds is 3. The molecule has 13 heavy (non-hydrogen) atoms. The summed E-state index contributed by atoms with van der Waals surface area (Å²) >= 11 is 0. The molecule has 2 rings (SSSR count). The van der Waals surface area contributed by atoms with Gasteiger partial charge >= 0.3 is 0 Å².